The third kappa shape index (κ3) is 2.14. The molecule has 5 nitrogen and oxygen atoms in total. The fraction of sp³-hybridized carbons (Fsp3) is 0.600. The van der Waals surface area contributed by atoms with E-state index in [1.165, 1.54) is 10.5 Å². The van der Waals surface area contributed by atoms with Crippen LogP contribution in [0, 0.1) is 5.92 Å². The zero-order chi connectivity index (χ0) is 11.6. The molecular weight excluding hydrogens is 228 g/mol. The highest BCUT2D eigenvalue weighted by Gasteiger charge is 2.32. The third-order valence-corrected chi connectivity index (χ3v) is 4.85. The molecule has 0 bridgehead atoms. The van der Waals surface area contributed by atoms with E-state index in [0.29, 0.717) is 30.3 Å². The van der Waals surface area contributed by atoms with Crippen molar-refractivity contribution in [2.75, 3.05) is 19.7 Å². The van der Waals surface area contributed by atoms with Gasteiger partial charge in [-0.15, -0.1) is 0 Å². The van der Waals surface area contributed by atoms with E-state index in [-0.39, 0.29) is 6.61 Å². The second kappa shape index (κ2) is 4.57. The van der Waals surface area contributed by atoms with E-state index < -0.39 is 10.0 Å². The second-order valence-electron chi connectivity index (χ2n) is 4.08. The Morgan fingerprint density at radius 3 is 3.00 bits per heavy atom. The van der Waals surface area contributed by atoms with Gasteiger partial charge in [0.1, 0.15) is 0 Å². The zero-order valence-electron chi connectivity index (χ0n) is 8.96. The van der Waals surface area contributed by atoms with Crippen molar-refractivity contribution in [1.29, 1.82) is 0 Å². The Bertz CT molecular complexity index is 427. The Labute approximate surface area is 95.1 Å². The summed E-state index contributed by atoms with van der Waals surface area (Å²) < 4.78 is 25.7. The number of rotatable bonds is 4. The number of nitrogens with zero attached hydrogens (tertiary/aromatic N) is 1. The van der Waals surface area contributed by atoms with Crippen LogP contribution < -0.4 is 0 Å². The normalized spacial score (nSPS) is 22.7. The van der Waals surface area contributed by atoms with E-state index in [2.05, 4.69) is 4.98 Å². The van der Waals surface area contributed by atoms with Crippen molar-refractivity contribution in [2.24, 2.45) is 5.92 Å². The lowest BCUT2D eigenvalue weighted by Gasteiger charge is -2.15. The molecule has 0 aliphatic carbocycles. The standard InChI is InChI=1S/C10H16N2O3S/c13-6-3-9-2-5-12(8-9)16(14,15)10-1-4-11-7-10/h1,4,7,9,11,13H,2-3,5-6,8H2. The largest absolute Gasteiger partial charge is 0.396 e. The van der Waals surface area contributed by atoms with E-state index in [1.807, 2.05) is 0 Å². The van der Waals surface area contributed by atoms with E-state index in [0.717, 1.165) is 6.42 Å². The minimum Gasteiger partial charge on any atom is -0.396 e. The molecular formula is C10H16N2O3S. The van der Waals surface area contributed by atoms with E-state index in [1.54, 1.807) is 12.3 Å². The van der Waals surface area contributed by atoms with Crippen molar-refractivity contribution < 1.29 is 13.5 Å². The molecule has 2 N–H and O–H groups in total. The van der Waals surface area contributed by atoms with E-state index in [4.69, 9.17) is 5.11 Å². The maximum Gasteiger partial charge on any atom is 0.244 e. The number of nitrogens with one attached hydrogen (secondary N) is 1. The molecule has 1 unspecified atom stereocenters. The van der Waals surface area contributed by atoms with Gasteiger partial charge in [-0.05, 0) is 24.8 Å². The van der Waals surface area contributed by atoms with Crippen molar-refractivity contribution in [3.63, 3.8) is 0 Å². The summed E-state index contributed by atoms with van der Waals surface area (Å²) in [5.41, 5.74) is 0. The van der Waals surface area contributed by atoms with Crippen LogP contribution in [0.25, 0.3) is 0 Å². The SMILES string of the molecule is O=S(=O)(c1cc[nH]c1)N1CCC(CCO)C1. The molecule has 0 saturated carbocycles. The van der Waals surface area contributed by atoms with Gasteiger partial charge in [0.15, 0.2) is 0 Å². The van der Waals surface area contributed by atoms with Gasteiger partial charge in [-0.25, -0.2) is 8.42 Å². The number of H-pyrrole nitrogens is 1. The van der Waals surface area contributed by atoms with Gasteiger partial charge in [0.2, 0.25) is 10.0 Å². The van der Waals surface area contributed by atoms with Gasteiger partial charge in [0, 0.05) is 32.1 Å². The first-order valence-corrected chi connectivity index (χ1v) is 6.82. The van der Waals surface area contributed by atoms with Crippen molar-refractivity contribution in [2.45, 2.75) is 17.7 Å². The summed E-state index contributed by atoms with van der Waals surface area (Å²) in [6, 6.07) is 1.56. The number of aliphatic hydroxyl groups is 1. The fourth-order valence-corrected chi connectivity index (χ4v) is 3.56. The van der Waals surface area contributed by atoms with Crippen molar-refractivity contribution in [1.82, 2.24) is 9.29 Å². The van der Waals surface area contributed by atoms with Gasteiger partial charge < -0.3 is 10.1 Å². The Balaban J connectivity index is 2.10. The number of aromatic nitrogens is 1. The Hall–Kier alpha value is -0.850. The molecule has 1 aliphatic rings. The van der Waals surface area contributed by atoms with Crippen LogP contribution in [-0.4, -0.2) is 42.5 Å². The van der Waals surface area contributed by atoms with Gasteiger partial charge in [0.25, 0.3) is 0 Å². The highest BCUT2D eigenvalue weighted by Crippen LogP contribution is 2.25. The second-order valence-corrected chi connectivity index (χ2v) is 6.01. The monoisotopic (exact) mass is 244 g/mol. The van der Waals surface area contributed by atoms with Crippen LogP contribution in [0.3, 0.4) is 0 Å². The lowest BCUT2D eigenvalue weighted by atomic mass is 10.1. The first-order valence-electron chi connectivity index (χ1n) is 5.38. The lowest BCUT2D eigenvalue weighted by molar-refractivity contribution is 0.259. The molecule has 1 saturated heterocycles. The van der Waals surface area contributed by atoms with Crippen LogP contribution in [0.4, 0.5) is 0 Å². The Morgan fingerprint density at radius 1 is 1.56 bits per heavy atom. The predicted octanol–water partition coefficient (Wildman–Crippen LogP) is 0.408. The molecule has 1 aromatic heterocycles. The minimum absolute atomic E-state index is 0.128. The smallest absolute Gasteiger partial charge is 0.244 e. The minimum atomic E-state index is -3.33. The molecule has 2 rings (SSSR count). The summed E-state index contributed by atoms with van der Waals surface area (Å²) in [6.45, 7) is 1.20. The molecule has 1 aliphatic heterocycles. The molecule has 0 aromatic carbocycles. The molecule has 0 spiro atoms. The first-order chi connectivity index (χ1) is 7.64. The highest BCUT2D eigenvalue weighted by molar-refractivity contribution is 7.89. The average molecular weight is 244 g/mol. The predicted molar refractivity (Wildman–Crippen MR) is 59.4 cm³/mol. The summed E-state index contributed by atoms with van der Waals surface area (Å²) in [5, 5.41) is 8.83. The molecule has 0 radical (unpaired) electrons. The van der Waals surface area contributed by atoms with Crippen molar-refractivity contribution in [3.05, 3.63) is 18.5 Å². The summed E-state index contributed by atoms with van der Waals surface area (Å²) in [6.07, 6.45) is 4.62. The molecule has 90 valence electrons. The number of hydrogen-bond donors (Lipinski definition) is 2. The van der Waals surface area contributed by atoms with E-state index in [9.17, 15) is 8.42 Å². The van der Waals surface area contributed by atoms with Crippen LogP contribution in [0.5, 0.6) is 0 Å². The number of aliphatic hydroxyl groups excluding tert-OH is 1. The van der Waals surface area contributed by atoms with Gasteiger partial charge in [-0.1, -0.05) is 0 Å². The fourth-order valence-electron chi connectivity index (χ4n) is 2.05. The number of sulfonamides is 1. The van der Waals surface area contributed by atoms with Crippen LogP contribution in [0.2, 0.25) is 0 Å². The van der Waals surface area contributed by atoms with Gasteiger partial charge >= 0.3 is 0 Å². The van der Waals surface area contributed by atoms with Crippen LogP contribution >= 0.6 is 0 Å². The highest BCUT2D eigenvalue weighted by atomic mass is 32.2. The Kier molecular flexibility index (Phi) is 3.32. The third-order valence-electron chi connectivity index (χ3n) is 2.99. The molecule has 1 aromatic rings. The average Bonchev–Trinajstić information content (AvgIpc) is 2.88. The molecule has 1 fully saturated rings. The van der Waals surface area contributed by atoms with Gasteiger partial charge in [0.05, 0.1) is 4.90 Å². The topological polar surface area (TPSA) is 73.4 Å². The van der Waals surface area contributed by atoms with Gasteiger partial charge in [-0.3, -0.25) is 0 Å². The molecule has 0 amide bonds. The van der Waals surface area contributed by atoms with Crippen LogP contribution in [-0.2, 0) is 10.0 Å². The first kappa shape index (κ1) is 11.6. The maximum atomic E-state index is 12.1. The maximum absolute atomic E-state index is 12.1. The summed E-state index contributed by atoms with van der Waals surface area (Å²) in [4.78, 5) is 3.07. The molecule has 16 heavy (non-hydrogen) atoms. The van der Waals surface area contributed by atoms with Crippen molar-refractivity contribution >= 4 is 10.0 Å². The van der Waals surface area contributed by atoms with Crippen LogP contribution in [0.15, 0.2) is 23.4 Å². The van der Waals surface area contributed by atoms with Crippen LogP contribution in [0.1, 0.15) is 12.8 Å². The number of aromatic amines is 1. The lowest BCUT2D eigenvalue weighted by Crippen LogP contribution is -2.28. The van der Waals surface area contributed by atoms with Crippen molar-refractivity contribution in [3.8, 4) is 0 Å². The molecule has 1 atom stereocenters. The van der Waals surface area contributed by atoms with E-state index >= 15 is 0 Å². The quantitative estimate of drug-likeness (QED) is 0.805. The number of hydrogen-bond acceptors (Lipinski definition) is 3. The summed E-state index contributed by atoms with van der Waals surface area (Å²) >= 11 is 0. The summed E-state index contributed by atoms with van der Waals surface area (Å²) in [5.74, 6) is 0.290. The van der Waals surface area contributed by atoms with Gasteiger partial charge in [-0.2, -0.15) is 4.31 Å². The summed E-state index contributed by atoms with van der Waals surface area (Å²) in [7, 11) is -3.33. The Morgan fingerprint density at radius 2 is 2.38 bits per heavy atom. The molecule has 6 heteroatoms. The zero-order valence-corrected chi connectivity index (χ0v) is 9.78. The molecule has 2 heterocycles.